The Kier molecular flexibility index (Phi) is 6.72. The maximum atomic E-state index is 11.8. The number of methoxy groups -OCH3 is 1. The molecule has 0 bridgehead atoms. The molecule has 182 valence electrons. The molecule has 2 aliphatic rings. The predicted octanol–water partition coefficient (Wildman–Crippen LogP) is 5.53. The van der Waals surface area contributed by atoms with Gasteiger partial charge in [0.05, 0.1) is 30.6 Å². The fourth-order valence-electron chi connectivity index (χ4n) is 5.32. The van der Waals surface area contributed by atoms with Crippen LogP contribution in [-0.4, -0.2) is 27.7 Å². The molecule has 2 atom stereocenters. The Morgan fingerprint density at radius 1 is 1.17 bits per heavy atom. The Hall–Kier alpha value is -3.39. The lowest BCUT2D eigenvalue weighted by molar-refractivity contribution is -0.114. The number of hydrogen-bond acceptors (Lipinski definition) is 4. The van der Waals surface area contributed by atoms with Crippen LogP contribution in [-0.2, 0) is 4.79 Å². The minimum Gasteiger partial charge on any atom is -0.495 e. The van der Waals surface area contributed by atoms with Crippen molar-refractivity contribution in [2.75, 3.05) is 17.3 Å². The second-order valence-corrected chi connectivity index (χ2v) is 9.63. The Morgan fingerprint density at radius 3 is 2.71 bits per heavy atom. The fourth-order valence-corrected chi connectivity index (χ4v) is 5.66. The zero-order valence-electron chi connectivity index (χ0n) is 20.1. The second kappa shape index (κ2) is 10.1. The molecular weight excluding hydrogens is 458 g/mol. The number of anilines is 2. The van der Waals surface area contributed by atoms with Crippen molar-refractivity contribution in [1.29, 1.82) is 0 Å². The van der Waals surface area contributed by atoms with Crippen LogP contribution in [0.5, 0.6) is 5.75 Å². The molecule has 35 heavy (non-hydrogen) atoms. The van der Waals surface area contributed by atoms with Crippen LogP contribution >= 0.6 is 12.2 Å². The maximum absolute atomic E-state index is 11.8. The molecule has 7 nitrogen and oxygen atoms in total. The smallest absolute Gasteiger partial charge is 0.221 e. The number of pyridine rings is 1. The molecule has 2 aromatic heterocycles. The van der Waals surface area contributed by atoms with Gasteiger partial charge in [0.15, 0.2) is 5.11 Å². The molecule has 3 heterocycles. The summed E-state index contributed by atoms with van der Waals surface area (Å²) in [6.07, 6.45) is 12.6. The molecule has 0 spiro atoms. The van der Waals surface area contributed by atoms with E-state index in [0.29, 0.717) is 22.6 Å². The van der Waals surface area contributed by atoms with Gasteiger partial charge in [0.1, 0.15) is 5.75 Å². The van der Waals surface area contributed by atoms with Crippen molar-refractivity contribution in [2.24, 2.45) is 0 Å². The molecule has 3 aromatic rings. The number of ether oxygens (including phenoxy) is 1. The van der Waals surface area contributed by atoms with Crippen molar-refractivity contribution >= 4 is 34.6 Å². The van der Waals surface area contributed by atoms with Gasteiger partial charge in [0.25, 0.3) is 0 Å². The number of thiocarbonyl (C=S) groups is 1. The highest BCUT2D eigenvalue weighted by Crippen LogP contribution is 2.43. The number of amides is 1. The molecule has 0 radical (unpaired) electrons. The summed E-state index contributed by atoms with van der Waals surface area (Å²) in [5.74, 6) is 0.443. The highest BCUT2D eigenvalue weighted by atomic mass is 32.1. The third kappa shape index (κ3) is 4.75. The number of nitrogens with one attached hydrogen (secondary N) is 2. The quantitative estimate of drug-likeness (QED) is 0.444. The Labute approximate surface area is 211 Å². The number of nitrogens with zero attached hydrogens (tertiary/aromatic N) is 3. The van der Waals surface area contributed by atoms with Crippen LogP contribution in [0, 0.1) is 0 Å². The fraction of sp³-hybridized carbons (Fsp3) is 0.370. The van der Waals surface area contributed by atoms with E-state index in [1.807, 2.05) is 42.6 Å². The van der Waals surface area contributed by atoms with Gasteiger partial charge >= 0.3 is 0 Å². The Bertz CT molecular complexity index is 1210. The van der Waals surface area contributed by atoms with E-state index in [-0.39, 0.29) is 18.0 Å². The average molecular weight is 490 g/mol. The molecule has 5 rings (SSSR count). The highest BCUT2D eigenvalue weighted by molar-refractivity contribution is 7.80. The van der Waals surface area contributed by atoms with Crippen LogP contribution in [0.4, 0.5) is 11.4 Å². The standard InChI is InChI=1S/C27H31N5O2S/c1-18(33)29-23-16-21(11-12-24(23)34-2)32-26(25(30-27(32)35)22-10-6-7-14-28-22)19-13-15-31(17-19)20-8-4-3-5-9-20/h6-7,10-17,20,25-26H,3-5,8-9H2,1-2H3,(H,29,33)(H,30,35)/t25-,26+/m0/s1. The van der Waals surface area contributed by atoms with Crippen LogP contribution in [0.25, 0.3) is 0 Å². The number of benzene rings is 1. The highest BCUT2D eigenvalue weighted by Gasteiger charge is 2.41. The molecule has 0 unspecified atom stereocenters. The Morgan fingerprint density at radius 2 is 2.00 bits per heavy atom. The van der Waals surface area contributed by atoms with E-state index >= 15 is 0 Å². The van der Waals surface area contributed by atoms with Crippen molar-refractivity contribution in [2.45, 2.75) is 57.2 Å². The molecule has 1 amide bonds. The van der Waals surface area contributed by atoms with Gasteiger partial charge in [-0.3, -0.25) is 9.78 Å². The lowest BCUT2D eigenvalue weighted by Crippen LogP contribution is -2.29. The van der Waals surface area contributed by atoms with Crippen LogP contribution in [0.1, 0.15) is 68.4 Å². The summed E-state index contributed by atoms with van der Waals surface area (Å²) >= 11 is 5.86. The third-order valence-electron chi connectivity index (χ3n) is 6.95. The second-order valence-electron chi connectivity index (χ2n) is 9.25. The number of rotatable bonds is 6. The monoisotopic (exact) mass is 489 g/mol. The van der Waals surface area contributed by atoms with Crippen LogP contribution in [0.3, 0.4) is 0 Å². The number of carbonyl (C=O) groups excluding carboxylic acids is 1. The number of aromatic nitrogens is 2. The van der Waals surface area contributed by atoms with Crippen LogP contribution in [0.2, 0.25) is 0 Å². The first-order valence-corrected chi connectivity index (χ1v) is 12.6. The predicted molar refractivity (Wildman–Crippen MR) is 142 cm³/mol. The lowest BCUT2D eigenvalue weighted by atomic mass is 9.95. The topological polar surface area (TPSA) is 71.4 Å². The van der Waals surface area contributed by atoms with Gasteiger partial charge in [0, 0.05) is 37.2 Å². The largest absolute Gasteiger partial charge is 0.495 e. The zero-order valence-corrected chi connectivity index (χ0v) is 20.9. The van der Waals surface area contributed by atoms with E-state index in [9.17, 15) is 4.79 Å². The van der Waals surface area contributed by atoms with Crippen LogP contribution in [0.15, 0.2) is 61.1 Å². The summed E-state index contributed by atoms with van der Waals surface area (Å²) in [7, 11) is 1.59. The van der Waals surface area contributed by atoms with Gasteiger partial charge in [-0.2, -0.15) is 0 Å². The molecule has 1 saturated carbocycles. The molecule has 1 aromatic carbocycles. The van der Waals surface area contributed by atoms with E-state index in [2.05, 4.69) is 43.5 Å². The van der Waals surface area contributed by atoms with Gasteiger partial charge in [-0.15, -0.1) is 0 Å². The summed E-state index contributed by atoms with van der Waals surface area (Å²) < 4.78 is 7.84. The first-order chi connectivity index (χ1) is 17.0. The van der Waals surface area contributed by atoms with Gasteiger partial charge in [0.2, 0.25) is 5.91 Å². The molecule has 8 heteroatoms. The molecule has 2 fully saturated rings. The van der Waals surface area contributed by atoms with Gasteiger partial charge in [-0.25, -0.2) is 0 Å². The third-order valence-corrected chi connectivity index (χ3v) is 7.26. The van der Waals surface area contributed by atoms with Crippen molar-refractivity contribution in [3.8, 4) is 5.75 Å². The maximum Gasteiger partial charge on any atom is 0.221 e. The molecule has 1 saturated heterocycles. The van der Waals surface area contributed by atoms with E-state index in [1.165, 1.54) is 44.6 Å². The summed E-state index contributed by atoms with van der Waals surface area (Å²) in [6.45, 7) is 1.49. The van der Waals surface area contributed by atoms with Crippen molar-refractivity contribution in [3.63, 3.8) is 0 Å². The van der Waals surface area contributed by atoms with E-state index in [1.54, 1.807) is 7.11 Å². The van der Waals surface area contributed by atoms with Gasteiger partial charge in [-0.1, -0.05) is 25.3 Å². The van der Waals surface area contributed by atoms with E-state index in [4.69, 9.17) is 17.0 Å². The molecule has 1 aliphatic carbocycles. The minimum absolute atomic E-state index is 0.0965. The van der Waals surface area contributed by atoms with Crippen LogP contribution < -0.4 is 20.3 Å². The van der Waals surface area contributed by atoms with Crippen molar-refractivity contribution < 1.29 is 9.53 Å². The zero-order chi connectivity index (χ0) is 24.4. The first-order valence-electron chi connectivity index (χ1n) is 12.2. The molecule has 1 aliphatic heterocycles. The van der Waals surface area contributed by atoms with E-state index < -0.39 is 0 Å². The normalized spacial score (nSPS) is 20.5. The Balaban J connectivity index is 1.56. The summed E-state index contributed by atoms with van der Waals surface area (Å²) in [4.78, 5) is 18.6. The first kappa shape index (κ1) is 23.4. The van der Waals surface area contributed by atoms with E-state index in [0.717, 1.165) is 11.4 Å². The number of carbonyl (C=O) groups is 1. The van der Waals surface area contributed by atoms with Crippen molar-refractivity contribution in [1.82, 2.24) is 14.9 Å². The van der Waals surface area contributed by atoms with Gasteiger partial charge in [-0.05, 0) is 67.0 Å². The number of hydrogen-bond donors (Lipinski definition) is 2. The lowest BCUT2D eigenvalue weighted by Gasteiger charge is -2.28. The minimum atomic E-state index is -0.157. The van der Waals surface area contributed by atoms with Gasteiger partial charge < -0.3 is 24.8 Å². The SMILES string of the molecule is COc1ccc(N2C(=S)N[C@@H](c3ccccn3)[C@H]2c2ccn(C3CCCCC3)c2)cc1NC(C)=O. The molecule has 2 N–H and O–H groups in total. The summed E-state index contributed by atoms with van der Waals surface area (Å²) in [6, 6.07) is 14.3. The summed E-state index contributed by atoms with van der Waals surface area (Å²) in [5, 5.41) is 7.01. The molecular formula is C27H31N5O2S. The van der Waals surface area contributed by atoms with Crippen molar-refractivity contribution in [3.05, 3.63) is 72.3 Å². The average Bonchev–Trinajstić information content (AvgIpc) is 3.49. The summed E-state index contributed by atoms with van der Waals surface area (Å²) in [5.41, 5.74) is 3.60.